The van der Waals surface area contributed by atoms with E-state index in [1.807, 2.05) is 0 Å². The van der Waals surface area contributed by atoms with Crippen LogP contribution in [0.5, 0.6) is 0 Å². The first-order valence-corrected chi connectivity index (χ1v) is 7.54. The van der Waals surface area contributed by atoms with Crippen molar-refractivity contribution < 1.29 is 0 Å². The number of guanidine groups is 1. The number of nitrogens with one attached hydrogen (secondary N) is 2. The molecule has 0 aromatic rings. The molecule has 0 atom stereocenters. The Morgan fingerprint density at radius 1 is 1.06 bits per heavy atom. The summed E-state index contributed by atoms with van der Waals surface area (Å²) in [5.74, 6) is 6.42. The van der Waals surface area contributed by atoms with Crippen molar-refractivity contribution in [3.8, 4) is 0 Å². The van der Waals surface area contributed by atoms with Gasteiger partial charge in [-0.15, -0.1) is 0 Å². The molecule has 0 radical (unpaired) electrons. The van der Waals surface area contributed by atoms with Gasteiger partial charge in [-0.3, -0.25) is 5.43 Å². The van der Waals surface area contributed by atoms with Gasteiger partial charge in [0.05, 0.1) is 6.04 Å². The number of rotatable bonds is 2. The Balaban J connectivity index is 1.92. The number of hydrogen-bond acceptors (Lipinski definition) is 2. The Bertz CT molecular complexity index is 276. The molecule has 0 amide bonds. The van der Waals surface area contributed by atoms with Crippen molar-refractivity contribution in [2.24, 2.45) is 10.8 Å². The van der Waals surface area contributed by atoms with Crippen LogP contribution in [0.1, 0.15) is 71.1 Å². The highest BCUT2D eigenvalue weighted by molar-refractivity contribution is 5.80. The Hall–Kier alpha value is -0.770. The fraction of sp³-hybridized carbons (Fsp3) is 0.929. The fourth-order valence-electron chi connectivity index (χ4n) is 3.24. The molecule has 2 rings (SSSR count). The largest absolute Gasteiger partial charge is 0.350 e. The molecule has 4 heteroatoms. The fourth-order valence-corrected chi connectivity index (χ4v) is 3.24. The molecule has 0 aliphatic heterocycles. The maximum absolute atomic E-state index is 5.62. The minimum absolute atomic E-state index is 0.179. The Kier molecular flexibility index (Phi) is 4.87. The Labute approximate surface area is 111 Å². The van der Waals surface area contributed by atoms with E-state index in [0.717, 1.165) is 5.96 Å². The molecule has 0 unspecified atom stereocenters. The minimum Gasteiger partial charge on any atom is -0.350 e. The van der Waals surface area contributed by atoms with E-state index >= 15 is 0 Å². The summed E-state index contributed by atoms with van der Waals surface area (Å²) >= 11 is 0. The molecule has 4 N–H and O–H groups in total. The average Bonchev–Trinajstić information content (AvgIpc) is 2.40. The Morgan fingerprint density at radius 3 is 2.28 bits per heavy atom. The standard InChI is InChI=1S/C14H28N4/c1-14(10-6-3-7-11-14)17-13(18-15)16-12-8-4-2-5-9-12/h12H,2-11,15H2,1H3,(H2,16,17,18). The highest BCUT2D eigenvalue weighted by Gasteiger charge is 2.27. The Morgan fingerprint density at radius 2 is 1.67 bits per heavy atom. The first kappa shape index (κ1) is 13.7. The number of nitrogens with zero attached hydrogens (tertiary/aromatic N) is 1. The quantitative estimate of drug-likeness (QED) is 0.306. The smallest absolute Gasteiger partial charge is 0.206 e. The molecule has 0 spiro atoms. The van der Waals surface area contributed by atoms with Crippen LogP contribution in [0.3, 0.4) is 0 Å². The van der Waals surface area contributed by atoms with E-state index in [9.17, 15) is 0 Å². The molecule has 0 aromatic carbocycles. The molecule has 0 heterocycles. The predicted octanol–water partition coefficient (Wildman–Crippen LogP) is 2.45. The third-order valence-electron chi connectivity index (χ3n) is 4.40. The van der Waals surface area contributed by atoms with Gasteiger partial charge in [0.1, 0.15) is 0 Å². The molecule has 104 valence electrons. The summed E-state index contributed by atoms with van der Waals surface area (Å²) in [6, 6.07) is 0.462. The molecule has 18 heavy (non-hydrogen) atoms. The van der Waals surface area contributed by atoms with Gasteiger partial charge in [-0.05, 0) is 32.6 Å². The van der Waals surface area contributed by atoms with Crippen LogP contribution in [0.2, 0.25) is 0 Å². The van der Waals surface area contributed by atoms with Crippen LogP contribution in [-0.4, -0.2) is 17.5 Å². The SMILES string of the molecule is CC1(NC(=NC2CCCCC2)NN)CCCCC1. The first-order chi connectivity index (χ1) is 8.72. The van der Waals surface area contributed by atoms with Gasteiger partial charge in [0.2, 0.25) is 5.96 Å². The third-order valence-corrected chi connectivity index (χ3v) is 4.40. The maximum Gasteiger partial charge on any atom is 0.206 e. The second-order valence-electron chi connectivity index (χ2n) is 6.16. The van der Waals surface area contributed by atoms with Crippen molar-refractivity contribution in [2.75, 3.05) is 0 Å². The van der Waals surface area contributed by atoms with Crippen LogP contribution in [-0.2, 0) is 0 Å². The number of aliphatic imine (C=N–C) groups is 1. The predicted molar refractivity (Wildman–Crippen MR) is 76.3 cm³/mol. The van der Waals surface area contributed by atoms with E-state index in [2.05, 4.69) is 17.7 Å². The second kappa shape index (κ2) is 6.41. The average molecular weight is 252 g/mol. The van der Waals surface area contributed by atoms with Crippen molar-refractivity contribution >= 4 is 5.96 Å². The topological polar surface area (TPSA) is 62.4 Å². The number of nitrogens with two attached hydrogens (primary N) is 1. The molecule has 0 bridgehead atoms. The summed E-state index contributed by atoms with van der Waals surface area (Å²) in [6.07, 6.45) is 12.8. The second-order valence-corrected chi connectivity index (χ2v) is 6.16. The molecule has 2 fully saturated rings. The van der Waals surface area contributed by atoms with Gasteiger partial charge in [0, 0.05) is 5.54 Å². The molecular weight excluding hydrogens is 224 g/mol. The van der Waals surface area contributed by atoms with Crippen molar-refractivity contribution in [1.29, 1.82) is 0 Å². The molecule has 2 aliphatic carbocycles. The monoisotopic (exact) mass is 252 g/mol. The van der Waals surface area contributed by atoms with Gasteiger partial charge >= 0.3 is 0 Å². The molecule has 2 saturated carbocycles. The van der Waals surface area contributed by atoms with E-state index in [4.69, 9.17) is 10.8 Å². The van der Waals surface area contributed by atoms with Crippen LogP contribution >= 0.6 is 0 Å². The molecule has 2 aliphatic rings. The van der Waals surface area contributed by atoms with Gasteiger partial charge in [-0.25, -0.2) is 10.8 Å². The molecule has 0 saturated heterocycles. The summed E-state index contributed by atoms with van der Waals surface area (Å²) in [5.41, 5.74) is 2.94. The van der Waals surface area contributed by atoms with Crippen LogP contribution in [0, 0.1) is 0 Å². The lowest BCUT2D eigenvalue weighted by molar-refractivity contribution is 0.287. The van der Waals surface area contributed by atoms with Crippen molar-refractivity contribution in [3.05, 3.63) is 0 Å². The van der Waals surface area contributed by atoms with E-state index in [-0.39, 0.29) is 5.54 Å². The number of hydrazine groups is 1. The lowest BCUT2D eigenvalue weighted by Gasteiger charge is -2.36. The highest BCUT2D eigenvalue weighted by atomic mass is 15.3. The van der Waals surface area contributed by atoms with Gasteiger partial charge in [0.15, 0.2) is 0 Å². The summed E-state index contributed by atoms with van der Waals surface area (Å²) in [5, 5.41) is 3.54. The molecule has 4 nitrogen and oxygen atoms in total. The van der Waals surface area contributed by atoms with Gasteiger partial charge < -0.3 is 5.32 Å². The van der Waals surface area contributed by atoms with Crippen molar-refractivity contribution in [3.63, 3.8) is 0 Å². The van der Waals surface area contributed by atoms with Gasteiger partial charge in [-0.2, -0.15) is 0 Å². The van der Waals surface area contributed by atoms with Crippen molar-refractivity contribution in [1.82, 2.24) is 10.7 Å². The van der Waals surface area contributed by atoms with E-state index in [1.165, 1.54) is 64.2 Å². The maximum atomic E-state index is 5.62. The lowest BCUT2D eigenvalue weighted by atomic mass is 9.83. The molecular formula is C14H28N4. The van der Waals surface area contributed by atoms with E-state index in [1.54, 1.807) is 0 Å². The zero-order valence-corrected chi connectivity index (χ0v) is 11.7. The summed E-state index contributed by atoms with van der Waals surface area (Å²) in [4.78, 5) is 4.76. The van der Waals surface area contributed by atoms with Crippen LogP contribution < -0.4 is 16.6 Å². The normalized spacial score (nSPS) is 25.8. The first-order valence-electron chi connectivity index (χ1n) is 7.54. The lowest BCUT2D eigenvalue weighted by Crippen LogP contribution is -2.54. The summed E-state index contributed by atoms with van der Waals surface area (Å²) in [6.45, 7) is 2.29. The van der Waals surface area contributed by atoms with E-state index < -0.39 is 0 Å². The van der Waals surface area contributed by atoms with Gasteiger partial charge in [-0.1, -0.05) is 38.5 Å². The minimum atomic E-state index is 0.179. The zero-order chi connectivity index (χ0) is 12.8. The number of hydrogen-bond donors (Lipinski definition) is 3. The summed E-state index contributed by atoms with van der Waals surface area (Å²) < 4.78 is 0. The van der Waals surface area contributed by atoms with Crippen LogP contribution in [0.15, 0.2) is 4.99 Å². The summed E-state index contributed by atoms with van der Waals surface area (Å²) in [7, 11) is 0. The highest BCUT2D eigenvalue weighted by Crippen LogP contribution is 2.27. The van der Waals surface area contributed by atoms with Crippen molar-refractivity contribution in [2.45, 2.75) is 82.7 Å². The van der Waals surface area contributed by atoms with Crippen LogP contribution in [0.25, 0.3) is 0 Å². The third kappa shape index (κ3) is 3.87. The van der Waals surface area contributed by atoms with Gasteiger partial charge in [0.25, 0.3) is 0 Å². The zero-order valence-electron chi connectivity index (χ0n) is 11.7. The van der Waals surface area contributed by atoms with E-state index in [0.29, 0.717) is 6.04 Å². The van der Waals surface area contributed by atoms with Crippen LogP contribution in [0.4, 0.5) is 0 Å². The molecule has 0 aromatic heterocycles.